The molecule has 2 heterocycles. The first-order chi connectivity index (χ1) is 15.8. The highest BCUT2D eigenvalue weighted by atomic mass is 35.5. The molecule has 1 aliphatic rings. The molecule has 9 heteroatoms. The van der Waals surface area contributed by atoms with E-state index in [-0.39, 0.29) is 10.7 Å². The van der Waals surface area contributed by atoms with Crippen LogP contribution < -0.4 is 14.2 Å². The monoisotopic (exact) mass is 478 g/mol. The Hall–Kier alpha value is -2.97. The van der Waals surface area contributed by atoms with Crippen LogP contribution in [0.2, 0.25) is 5.02 Å². The van der Waals surface area contributed by atoms with E-state index in [1.807, 2.05) is 30.3 Å². The molecule has 0 unspecified atom stereocenters. The smallest absolute Gasteiger partial charge is 0.417 e. The van der Waals surface area contributed by atoms with E-state index in [1.165, 1.54) is 7.11 Å². The van der Waals surface area contributed by atoms with Crippen molar-refractivity contribution in [1.82, 2.24) is 9.88 Å². The third-order valence-corrected chi connectivity index (χ3v) is 5.67. The molecular weight excluding hydrogens is 457 g/mol. The maximum atomic E-state index is 13.0. The number of nitrogens with zero attached hydrogens (tertiary/aromatic N) is 2. The summed E-state index contributed by atoms with van der Waals surface area (Å²) in [6.07, 6.45) is -3.74. The number of methoxy groups -OCH3 is 2. The van der Waals surface area contributed by atoms with Crippen LogP contribution in [-0.2, 0) is 19.3 Å². The minimum atomic E-state index is -4.52. The van der Waals surface area contributed by atoms with Gasteiger partial charge in [0.25, 0.3) is 0 Å². The molecule has 0 amide bonds. The lowest BCUT2D eigenvalue weighted by Gasteiger charge is -2.20. The Morgan fingerprint density at radius 2 is 1.94 bits per heavy atom. The molecule has 0 fully saturated rings. The summed E-state index contributed by atoms with van der Waals surface area (Å²) >= 11 is 6.19. The minimum absolute atomic E-state index is 0.0883. The van der Waals surface area contributed by atoms with Crippen molar-refractivity contribution in [2.24, 2.45) is 0 Å². The fraction of sp³-hybridized carbons (Fsp3) is 0.292. The Kier molecular flexibility index (Phi) is 6.67. The molecule has 3 aromatic rings. The standard InChI is InChI=1S/C24H22ClF3N2O3/c1-31-19-5-3-4-15(8-19)13-30-6-7-33-23-17(14-30)9-16(10-21(23)32-2)22-20(25)11-18(12-29-22)24(26,27)28/h3-5,8-12H,6-7,13-14H2,1-2H3. The molecule has 0 N–H and O–H groups in total. The van der Waals surface area contributed by atoms with Gasteiger partial charge in [-0.2, -0.15) is 13.2 Å². The van der Waals surface area contributed by atoms with Crippen molar-refractivity contribution in [3.8, 4) is 28.5 Å². The van der Waals surface area contributed by atoms with Crippen molar-refractivity contribution < 1.29 is 27.4 Å². The molecule has 0 saturated carbocycles. The second kappa shape index (κ2) is 9.49. The van der Waals surface area contributed by atoms with E-state index in [9.17, 15) is 13.2 Å². The number of rotatable bonds is 5. The summed E-state index contributed by atoms with van der Waals surface area (Å²) in [7, 11) is 3.15. The molecule has 4 rings (SSSR count). The van der Waals surface area contributed by atoms with Crippen molar-refractivity contribution in [1.29, 1.82) is 0 Å². The quantitative estimate of drug-likeness (QED) is 0.461. The predicted molar refractivity (Wildman–Crippen MR) is 119 cm³/mol. The van der Waals surface area contributed by atoms with Crippen LogP contribution in [0, 0.1) is 0 Å². The molecule has 0 atom stereocenters. The molecular formula is C24H22ClF3N2O3. The average molecular weight is 479 g/mol. The first-order valence-corrected chi connectivity index (χ1v) is 10.6. The van der Waals surface area contributed by atoms with Gasteiger partial charge < -0.3 is 14.2 Å². The highest BCUT2D eigenvalue weighted by Gasteiger charge is 2.32. The fourth-order valence-corrected chi connectivity index (χ4v) is 4.07. The number of aromatic nitrogens is 1. The van der Waals surface area contributed by atoms with Gasteiger partial charge in [0.05, 0.1) is 30.5 Å². The number of pyridine rings is 1. The van der Waals surface area contributed by atoms with E-state index < -0.39 is 11.7 Å². The van der Waals surface area contributed by atoms with Gasteiger partial charge in [0.1, 0.15) is 12.4 Å². The van der Waals surface area contributed by atoms with Gasteiger partial charge in [-0.05, 0) is 35.9 Å². The molecule has 33 heavy (non-hydrogen) atoms. The van der Waals surface area contributed by atoms with Crippen LogP contribution in [0.4, 0.5) is 13.2 Å². The van der Waals surface area contributed by atoms with Crippen LogP contribution in [-0.4, -0.2) is 37.3 Å². The van der Waals surface area contributed by atoms with Gasteiger partial charge in [0.15, 0.2) is 11.5 Å². The third-order valence-electron chi connectivity index (χ3n) is 5.38. The minimum Gasteiger partial charge on any atom is -0.497 e. The average Bonchev–Trinajstić information content (AvgIpc) is 2.99. The molecule has 1 aliphatic heterocycles. The first-order valence-electron chi connectivity index (χ1n) is 10.2. The summed E-state index contributed by atoms with van der Waals surface area (Å²) < 4.78 is 55.8. The van der Waals surface area contributed by atoms with Crippen LogP contribution in [0.3, 0.4) is 0 Å². The van der Waals surface area contributed by atoms with Crippen molar-refractivity contribution in [3.63, 3.8) is 0 Å². The van der Waals surface area contributed by atoms with Crippen molar-refractivity contribution in [2.75, 3.05) is 27.4 Å². The van der Waals surface area contributed by atoms with Gasteiger partial charge in [0.2, 0.25) is 0 Å². The molecule has 1 aromatic heterocycles. The van der Waals surface area contributed by atoms with Gasteiger partial charge in [0, 0.05) is 37.0 Å². The summed E-state index contributed by atoms with van der Waals surface area (Å²) in [6.45, 7) is 2.37. The zero-order valence-electron chi connectivity index (χ0n) is 18.1. The first kappa shape index (κ1) is 23.2. The SMILES string of the molecule is COc1cccc(CN2CCOc3c(cc(-c4ncc(C(F)(F)F)cc4Cl)cc3OC)C2)c1. The van der Waals surface area contributed by atoms with Crippen LogP contribution in [0.5, 0.6) is 17.2 Å². The highest BCUT2D eigenvalue weighted by molar-refractivity contribution is 6.33. The summed E-state index contributed by atoms with van der Waals surface area (Å²) in [5.74, 6) is 1.87. The lowest BCUT2D eigenvalue weighted by molar-refractivity contribution is -0.137. The van der Waals surface area contributed by atoms with Crippen LogP contribution in [0.1, 0.15) is 16.7 Å². The second-order valence-electron chi connectivity index (χ2n) is 7.63. The Bertz CT molecular complexity index is 1150. The number of benzene rings is 2. The van der Waals surface area contributed by atoms with E-state index >= 15 is 0 Å². The Labute approximate surface area is 194 Å². The van der Waals surface area contributed by atoms with Gasteiger partial charge in [-0.1, -0.05) is 23.7 Å². The molecule has 174 valence electrons. The van der Waals surface area contributed by atoms with E-state index in [0.29, 0.717) is 43.3 Å². The van der Waals surface area contributed by atoms with Crippen molar-refractivity contribution >= 4 is 11.6 Å². The number of hydrogen-bond acceptors (Lipinski definition) is 5. The lowest BCUT2D eigenvalue weighted by atomic mass is 10.0. The summed E-state index contributed by atoms with van der Waals surface area (Å²) in [4.78, 5) is 6.21. The Morgan fingerprint density at radius 1 is 1.12 bits per heavy atom. The van der Waals surface area contributed by atoms with Crippen LogP contribution in [0.25, 0.3) is 11.3 Å². The van der Waals surface area contributed by atoms with Gasteiger partial charge >= 0.3 is 6.18 Å². The number of alkyl halides is 3. The van der Waals surface area contributed by atoms with Crippen molar-refractivity contribution in [2.45, 2.75) is 19.3 Å². The summed E-state index contributed by atoms with van der Waals surface area (Å²) in [5.41, 5.74) is 1.83. The Balaban J connectivity index is 1.67. The maximum Gasteiger partial charge on any atom is 0.417 e. The second-order valence-corrected chi connectivity index (χ2v) is 8.04. The molecule has 0 bridgehead atoms. The molecule has 0 radical (unpaired) electrons. The fourth-order valence-electron chi connectivity index (χ4n) is 3.80. The van der Waals surface area contributed by atoms with Gasteiger partial charge in [-0.15, -0.1) is 0 Å². The third kappa shape index (κ3) is 5.17. The van der Waals surface area contributed by atoms with E-state index in [4.69, 9.17) is 25.8 Å². The number of halogens is 4. The molecule has 2 aromatic carbocycles. The number of fused-ring (bicyclic) bond motifs is 1. The van der Waals surface area contributed by atoms with Gasteiger partial charge in [-0.3, -0.25) is 9.88 Å². The van der Waals surface area contributed by atoms with E-state index in [1.54, 1.807) is 13.2 Å². The molecule has 0 aliphatic carbocycles. The summed E-state index contributed by atoms with van der Waals surface area (Å²) in [6, 6.07) is 12.2. The number of ether oxygens (including phenoxy) is 3. The summed E-state index contributed by atoms with van der Waals surface area (Å²) in [5, 5.41) is -0.0883. The van der Waals surface area contributed by atoms with E-state index in [2.05, 4.69) is 9.88 Å². The molecule has 5 nitrogen and oxygen atoms in total. The van der Waals surface area contributed by atoms with Gasteiger partial charge in [-0.25, -0.2) is 0 Å². The Morgan fingerprint density at radius 3 is 2.64 bits per heavy atom. The van der Waals surface area contributed by atoms with Crippen LogP contribution >= 0.6 is 11.6 Å². The van der Waals surface area contributed by atoms with E-state index in [0.717, 1.165) is 29.1 Å². The highest BCUT2D eigenvalue weighted by Crippen LogP contribution is 2.40. The molecule has 0 spiro atoms. The zero-order valence-corrected chi connectivity index (χ0v) is 18.8. The number of hydrogen-bond donors (Lipinski definition) is 0. The normalized spacial score (nSPS) is 14.2. The van der Waals surface area contributed by atoms with Crippen LogP contribution in [0.15, 0.2) is 48.7 Å². The lowest BCUT2D eigenvalue weighted by Crippen LogP contribution is -2.25. The topological polar surface area (TPSA) is 43.8 Å². The molecule has 0 saturated heterocycles. The maximum absolute atomic E-state index is 13.0. The predicted octanol–water partition coefficient (Wildman–Crippen LogP) is 5.83. The zero-order chi connectivity index (χ0) is 23.6. The largest absolute Gasteiger partial charge is 0.497 e. The van der Waals surface area contributed by atoms with Crippen molar-refractivity contribution in [3.05, 3.63) is 70.4 Å².